The van der Waals surface area contributed by atoms with Gasteiger partial charge in [0.05, 0.1) is 5.69 Å². The van der Waals surface area contributed by atoms with E-state index >= 15 is 0 Å². The van der Waals surface area contributed by atoms with Crippen LogP contribution < -0.4 is 9.80 Å². The zero-order chi connectivity index (χ0) is 23.6. The second-order valence-corrected chi connectivity index (χ2v) is 8.75. The van der Waals surface area contributed by atoms with Crippen LogP contribution >= 0.6 is 0 Å². The van der Waals surface area contributed by atoms with Gasteiger partial charge in [0.1, 0.15) is 0 Å². The van der Waals surface area contributed by atoms with E-state index in [0.29, 0.717) is 0 Å². The Balaban J connectivity index is 1.51. The topological polar surface area (TPSA) is 6.48 Å². The van der Waals surface area contributed by atoms with Crippen molar-refractivity contribution in [3.8, 4) is 0 Å². The van der Waals surface area contributed by atoms with Gasteiger partial charge in [-0.05, 0) is 59.3 Å². The van der Waals surface area contributed by atoms with E-state index in [1.807, 2.05) is 0 Å². The number of benzene rings is 6. The van der Waals surface area contributed by atoms with Crippen molar-refractivity contribution in [1.29, 1.82) is 0 Å². The van der Waals surface area contributed by atoms with Gasteiger partial charge in [0.25, 0.3) is 0 Å². The van der Waals surface area contributed by atoms with Crippen LogP contribution in [0.2, 0.25) is 0 Å². The molecule has 0 heterocycles. The molecule has 0 unspecified atom stereocenters. The average Bonchev–Trinajstić information content (AvgIpc) is 2.93. The second kappa shape index (κ2) is 9.00. The summed E-state index contributed by atoms with van der Waals surface area (Å²) in [6.45, 7) is 0. The van der Waals surface area contributed by atoms with Crippen molar-refractivity contribution >= 4 is 50.0 Å². The Hall–Kier alpha value is -4.56. The molecule has 168 valence electrons. The fraction of sp³-hybridized carbons (Fsp3) is 0.0303. The summed E-state index contributed by atoms with van der Waals surface area (Å²) in [6, 6.07) is 49.5. The number of nitrogens with zero attached hydrogens (tertiary/aromatic N) is 2. The number of anilines is 5. The van der Waals surface area contributed by atoms with E-state index in [-0.39, 0.29) is 0 Å². The predicted molar refractivity (Wildman–Crippen MR) is 151 cm³/mol. The highest BCUT2D eigenvalue weighted by Crippen LogP contribution is 2.41. The molecule has 6 aromatic carbocycles. The minimum atomic E-state index is 1.14. The van der Waals surface area contributed by atoms with Gasteiger partial charge < -0.3 is 9.80 Å². The zero-order valence-electron chi connectivity index (χ0n) is 19.7. The molecule has 0 saturated heterocycles. The lowest BCUT2D eigenvalue weighted by Crippen LogP contribution is -2.12. The Morgan fingerprint density at radius 1 is 0.400 bits per heavy atom. The molecule has 6 aromatic rings. The molecule has 0 aromatic heterocycles. The van der Waals surface area contributed by atoms with Crippen molar-refractivity contribution < 1.29 is 0 Å². The van der Waals surface area contributed by atoms with Crippen molar-refractivity contribution in [2.24, 2.45) is 0 Å². The van der Waals surface area contributed by atoms with Crippen molar-refractivity contribution in [2.45, 2.75) is 0 Å². The maximum absolute atomic E-state index is 2.34. The van der Waals surface area contributed by atoms with Crippen LogP contribution in [0.25, 0.3) is 21.5 Å². The van der Waals surface area contributed by atoms with Crippen LogP contribution in [0.5, 0.6) is 0 Å². The molecule has 0 bridgehead atoms. The summed E-state index contributed by atoms with van der Waals surface area (Å²) < 4.78 is 0. The summed E-state index contributed by atoms with van der Waals surface area (Å²) in [5, 5.41) is 4.94. The largest absolute Gasteiger partial charge is 0.344 e. The summed E-state index contributed by atoms with van der Waals surface area (Å²) in [5.41, 5.74) is 5.79. The van der Waals surface area contributed by atoms with E-state index in [1.54, 1.807) is 0 Å². The lowest BCUT2D eigenvalue weighted by Gasteiger charge is -2.28. The molecule has 6 rings (SSSR count). The highest BCUT2D eigenvalue weighted by molar-refractivity contribution is 6.05. The van der Waals surface area contributed by atoms with Crippen LogP contribution in [0.3, 0.4) is 0 Å². The first-order chi connectivity index (χ1) is 17.3. The summed E-state index contributed by atoms with van der Waals surface area (Å²) in [4.78, 5) is 4.62. The third-order valence-corrected chi connectivity index (χ3v) is 6.63. The molecule has 0 fully saturated rings. The molecule has 0 aliphatic carbocycles. The fourth-order valence-electron chi connectivity index (χ4n) is 4.87. The first kappa shape index (κ1) is 21.0. The molecule has 2 heteroatoms. The smallest absolute Gasteiger partial charge is 0.0540 e. The van der Waals surface area contributed by atoms with E-state index < -0.39 is 0 Å². The normalized spacial score (nSPS) is 11.0. The third-order valence-electron chi connectivity index (χ3n) is 6.63. The van der Waals surface area contributed by atoms with Gasteiger partial charge in [-0.2, -0.15) is 0 Å². The standard InChI is InChI=1S/C33H26N2/c1-34(29-23-22-25-12-8-9-13-26(25)24-29)32-20-10-19-31-30(32)18-11-21-33(31)35(27-14-4-2-5-15-27)28-16-6-3-7-17-28/h2-24H,1H3. The molecule has 0 N–H and O–H groups in total. The molecular formula is C33H26N2. The molecule has 2 nitrogen and oxygen atoms in total. The Kier molecular flexibility index (Phi) is 5.40. The minimum Gasteiger partial charge on any atom is -0.344 e. The molecule has 0 amide bonds. The number of para-hydroxylation sites is 2. The van der Waals surface area contributed by atoms with Crippen molar-refractivity contribution in [3.63, 3.8) is 0 Å². The van der Waals surface area contributed by atoms with Crippen LogP contribution in [0, 0.1) is 0 Å². The lowest BCUT2D eigenvalue weighted by molar-refractivity contribution is 1.22. The van der Waals surface area contributed by atoms with Crippen LogP contribution in [0.1, 0.15) is 0 Å². The van der Waals surface area contributed by atoms with Gasteiger partial charge in [0.15, 0.2) is 0 Å². The maximum atomic E-state index is 2.34. The molecule has 0 atom stereocenters. The average molecular weight is 451 g/mol. The number of fused-ring (bicyclic) bond motifs is 2. The first-order valence-corrected chi connectivity index (χ1v) is 11.9. The SMILES string of the molecule is CN(c1ccc2ccccc2c1)c1cccc2c(N(c3ccccc3)c3ccccc3)cccc12. The quantitative estimate of drug-likeness (QED) is 0.258. The molecule has 0 aliphatic rings. The molecule has 0 aliphatic heterocycles. The van der Waals surface area contributed by atoms with E-state index in [4.69, 9.17) is 0 Å². The van der Waals surface area contributed by atoms with E-state index in [2.05, 4.69) is 156 Å². The van der Waals surface area contributed by atoms with E-state index in [1.165, 1.54) is 32.9 Å². The van der Waals surface area contributed by atoms with Gasteiger partial charge in [0, 0.05) is 40.6 Å². The maximum Gasteiger partial charge on any atom is 0.0540 e. The second-order valence-electron chi connectivity index (χ2n) is 8.75. The van der Waals surface area contributed by atoms with Crippen LogP contribution in [0.4, 0.5) is 28.4 Å². The Bertz CT molecular complexity index is 1570. The molecule has 35 heavy (non-hydrogen) atoms. The summed E-state index contributed by atoms with van der Waals surface area (Å²) in [5.74, 6) is 0. The molecule has 0 spiro atoms. The number of hydrogen-bond donors (Lipinski definition) is 0. The van der Waals surface area contributed by atoms with Crippen LogP contribution in [0.15, 0.2) is 140 Å². The highest BCUT2D eigenvalue weighted by Gasteiger charge is 2.17. The van der Waals surface area contributed by atoms with Crippen molar-refractivity contribution in [1.82, 2.24) is 0 Å². The van der Waals surface area contributed by atoms with E-state index in [9.17, 15) is 0 Å². The van der Waals surface area contributed by atoms with Crippen molar-refractivity contribution in [3.05, 3.63) is 140 Å². The van der Waals surface area contributed by atoms with Gasteiger partial charge in [-0.15, -0.1) is 0 Å². The zero-order valence-corrected chi connectivity index (χ0v) is 19.7. The van der Waals surface area contributed by atoms with Gasteiger partial charge >= 0.3 is 0 Å². The minimum absolute atomic E-state index is 1.14. The van der Waals surface area contributed by atoms with Gasteiger partial charge in [-0.3, -0.25) is 0 Å². The van der Waals surface area contributed by atoms with Gasteiger partial charge in [-0.25, -0.2) is 0 Å². The molecule has 0 saturated carbocycles. The number of hydrogen-bond acceptors (Lipinski definition) is 2. The monoisotopic (exact) mass is 450 g/mol. The summed E-state index contributed by atoms with van der Waals surface area (Å²) in [6.07, 6.45) is 0. The van der Waals surface area contributed by atoms with Crippen LogP contribution in [-0.4, -0.2) is 7.05 Å². The van der Waals surface area contributed by atoms with E-state index in [0.717, 1.165) is 17.1 Å². The van der Waals surface area contributed by atoms with Gasteiger partial charge in [0.2, 0.25) is 0 Å². The summed E-state index contributed by atoms with van der Waals surface area (Å²) >= 11 is 0. The number of rotatable bonds is 5. The van der Waals surface area contributed by atoms with Crippen LogP contribution in [-0.2, 0) is 0 Å². The Morgan fingerprint density at radius 3 is 1.60 bits per heavy atom. The first-order valence-electron chi connectivity index (χ1n) is 11.9. The molecular weight excluding hydrogens is 424 g/mol. The lowest BCUT2D eigenvalue weighted by atomic mass is 10.0. The van der Waals surface area contributed by atoms with Gasteiger partial charge in [-0.1, -0.05) is 91.0 Å². The molecule has 0 radical (unpaired) electrons. The highest BCUT2D eigenvalue weighted by atomic mass is 15.1. The van der Waals surface area contributed by atoms with Crippen molar-refractivity contribution in [2.75, 3.05) is 16.8 Å². The third kappa shape index (κ3) is 3.89. The Labute approximate surface area is 206 Å². The predicted octanol–water partition coefficient (Wildman–Crippen LogP) is 9.23. The fourth-order valence-corrected chi connectivity index (χ4v) is 4.87. The summed E-state index contributed by atoms with van der Waals surface area (Å²) in [7, 11) is 2.15. The Morgan fingerprint density at radius 2 is 0.943 bits per heavy atom.